The average Bonchev–Trinajstić information content (AvgIpc) is 2.71. The molecule has 0 bridgehead atoms. The summed E-state index contributed by atoms with van der Waals surface area (Å²) < 4.78 is 50.9. The molecule has 2 aromatic rings. The van der Waals surface area contributed by atoms with Gasteiger partial charge in [-0.05, 0) is 61.9 Å². The van der Waals surface area contributed by atoms with E-state index in [1.807, 2.05) is 6.92 Å². The van der Waals surface area contributed by atoms with E-state index < -0.39 is 28.3 Å². The molecule has 2 rings (SSSR count). The van der Waals surface area contributed by atoms with Crippen LogP contribution in [0, 0.1) is 5.82 Å². The number of benzene rings is 2. The van der Waals surface area contributed by atoms with Crippen molar-refractivity contribution in [1.29, 1.82) is 0 Å². The lowest BCUT2D eigenvalue weighted by Gasteiger charge is -2.24. The molecule has 0 saturated heterocycles. The van der Waals surface area contributed by atoms with E-state index >= 15 is 0 Å². The van der Waals surface area contributed by atoms with Gasteiger partial charge in [0.25, 0.3) is 10.0 Å². The van der Waals surface area contributed by atoms with Gasteiger partial charge in [0, 0.05) is 20.3 Å². The Kier molecular flexibility index (Phi) is 8.41. The zero-order chi connectivity index (χ0) is 21.3. The summed E-state index contributed by atoms with van der Waals surface area (Å²) in [5.74, 6) is -0.438. The summed E-state index contributed by atoms with van der Waals surface area (Å²) >= 11 is 0. The molecule has 0 unspecified atom stereocenters. The first-order valence-corrected chi connectivity index (χ1v) is 10.6. The third-order valence-corrected chi connectivity index (χ3v) is 5.76. The molecule has 7 nitrogen and oxygen atoms in total. The lowest BCUT2D eigenvalue weighted by atomic mass is 10.3. The molecule has 158 valence electrons. The van der Waals surface area contributed by atoms with Gasteiger partial charge in [-0.1, -0.05) is 0 Å². The van der Waals surface area contributed by atoms with Gasteiger partial charge in [-0.2, -0.15) is 0 Å². The molecule has 0 radical (unpaired) electrons. The first-order valence-electron chi connectivity index (χ1n) is 9.15. The summed E-state index contributed by atoms with van der Waals surface area (Å²) in [7, 11) is -2.50. The van der Waals surface area contributed by atoms with Crippen molar-refractivity contribution >= 4 is 21.6 Å². The molecule has 0 saturated carbocycles. The minimum atomic E-state index is -4.06. The van der Waals surface area contributed by atoms with Gasteiger partial charge in [-0.25, -0.2) is 12.8 Å². The van der Waals surface area contributed by atoms with Crippen molar-refractivity contribution in [3.63, 3.8) is 0 Å². The van der Waals surface area contributed by atoms with Crippen LogP contribution in [0.5, 0.6) is 5.75 Å². The Morgan fingerprint density at radius 3 is 2.34 bits per heavy atom. The number of nitrogens with one attached hydrogen (secondary N) is 1. The summed E-state index contributed by atoms with van der Waals surface area (Å²) in [5, 5.41) is 2.66. The Morgan fingerprint density at radius 1 is 1.10 bits per heavy atom. The van der Waals surface area contributed by atoms with Crippen molar-refractivity contribution in [3.05, 3.63) is 54.3 Å². The standard InChI is InChI=1S/C20H25FN2O5S/c1-3-28-18-9-11-19(12-10-18)29(25,26)23(17-7-5-16(21)6-8-17)15-20(24)22-13-4-14-27-2/h5-12H,3-4,13-15H2,1-2H3,(H,22,24). The molecule has 1 amide bonds. The molecule has 0 fully saturated rings. The molecule has 0 heterocycles. The Labute approximate surface area is 170 Å². The zero-order valence-corrected chi connectivity index (χ0v) is 17.2. The zero-order valence-electron chi connectivity index (χ0n) is 16.4. The summed E-state index contributed by atoms with van der Waals surface area (Å²) in [6, 6.07) is 10.8. The van der Waals surface area contributed by atoms with Crippen LogP contribution in [0.4, 0.5) is 10.1 Å². The maximum absolute atomic E-state index is 13.3. The van der Waals surface area contributed by atoms with Crippen LogP contribution in [-0.4, -0.2) is 47.7 Å². The third-order valence-electron chi connectivity index (χ3n) is 3.97. The second-order valence-corrected chi connectivity index (χ2v) is 7.95. The van der Waals surface area contributed by atoms with Crippen LogP contribution in [-0.2, 0) is 19.6 Å². The molecule has 0 aromatic heterocycles. The SMILES string of the molecule is CCOc1ccc(S(=O)(=O)N(CC(=O)NCCCOC)c2ccc(F)cc2)cc1. The van der Waals surface area contributed by atoms with Crippen molar-refractivity contribution in [2.24, 2.45) is 0 Å². The molecule has 1 N–H and O–H groups in total. The number of sulfonamides is 1. The first-order chi connectivity index (χ1) is 13.9. The van der Waals surface area contributed by atoms with E-state index in [1.54, 1.807) is 19.2 Å². The maximum atomic E-state index is 13.3. The van der Waals surface area contributed by atoms with Crippen LogP contribution >= 0.6 is 0 Å². The fourth-order valence-electron chi connectivity index (χ4n) is 2.55. The monoisotopic (exact) mass is 424 g/mol. The molecule has 0 atom stereocenters. The van der Waals surface area contributed by atoms with E-state index in [0.29, 0.717) is 31.9 Å². The molecule has 0 aliphatic carbocycles. The molecule has 0 aliphatic rings. The van der Waals surface area contributed by atoms with Gasteiger partial charge in [0.1, 0.15) is 18.1 Å². The Balaban J connectivity index is 2.27. The second-order valence-electron chi connectivity index (χ2n) is 6.09. The van der Waals surface area contributed by atoms with Crippen molar-refractivity contribution in [1.82, 2.24) is 5.32 Å². The molecule has 2 aromatic carbocycles. The predicted octanol–water partition coefficient (Wildman–Crippen LogP) is 2.57. The fraction of sp³-hybridized carbons (Fsp3) is 0.350. The number of ether oxygens (including phenoxy) is 2. The first kappa shape index (κ1) is 22.6. The van der Waals surface area contributed by atoms with Crippen LogP contribution in [0.25, 0.3) is 0 Å². The van der Waals surface area contributed by atoms with Gasteiger partial charge >= 0.3 is 0 Å². The van der Waals surface area contributed by atoms with Crippen LogP contribution in [0.1, 0.15) is 13.3 Å². The van der Waals surface area contributed by atoms with Crippen molar-refractivity contribution in [2.45, 2.75) is 18.2 Å². The van der Waals surface area contributed by atoms with Crippen molar-refractivity contribution in [3.8, 4) is 5.75 Å². The predicted molar refractivity (Wildman–Crippen MR) is 108 cm³/mol. The minimum Gasteiger partial charge on any atom is -0.494 e. The van der Waals surface area contributed by atoms with Crippen molar-refractivity contribution in [2.75, 3.05) is 37.7 Å². The highest BCUT2D eigenvalue weighted by molar-refractivity contribution is 7.92. The fourth-order valence-corrected chi connectivity index (χ4v) is 3.98. The van der Waals surface area contributed by atoms with Crippen LogP contribution in [0.15, 0.2) is 53.4 Å². The number of hydrogen-bond acceptors (Lipinski definition) is 5. The molecule has 0 aliphatic heterocycles. The summed E-state index contributed by atoms with van der Waals surface area (Å²) in [4.78, 5) is 12.3. The Hall–Kier alpha value is -2.65. The van der Waals surface area contributed by atoms with Gasteiger partial charge in [-0.15, -0.1) is 0 Å². The smallest absolute Gasteiger partial charge is 0.264 e. The summed E-state index contributed by atoms with van der Waals surface area (Å²) in [6.07, 6.45) is 0.602. The highest BCUT2D eigenvalue weighted by Crippen LogP contribution is 2.25. The molecular weight excluding hydrogens is 399 g/mol. The van der Waals surface area contributed by atoms with Crippen LogP contribution in [0.2, 0.25) is 0 Å². The summed E-state index contributed by atoms with van der Waals surface area (Å²) in [6.45, 7) is 2.68. The van der Waals surface area contributed by atoms with Gasteiger partial charge in [-0.3, -0.25) is 9.10 Å². The molecule has 0 spiro atoms. The van der Waals surface area contributed by atoms with E-state index in [4.69, 9.17) is 9.47 Å². The van der Waals surface area contributed by atoms with Crippen LogP contribution < -0.4 is 14.4 Å². The number of anilines is 1. The normalized spacial score (nSPS) is 11.1. The minimum absolute atomic E-state index is 0.00235. The number of hydrogen-bond donors (Lipinski definition) is 1. The van der Waals surface area contributed by atoms with E-state index in [2.05, 4.69) is 5.32 Å². The van der Waals surface area contributed by atoms with Gasteiger partial charge in [0.05, 0.1) is 17.2 Å². The lowest BCUT2D eigenvalue weighted by Crippen LogP contribution is -2.41. The number of methoxy groups -OCH3 is 1. The van der Waals surface area contributed by atoms with Gasteiger partial charge < -0.3 is 14.8 Å². The average molecular weight is 424 g/mol. The number of halogens is 1. The van der Waals surface area contributed by atoms with Crippen molar-refractivity contribution < 1.29 is 27.1 Å². The van der Waals surface area contributed by atoms with Gasteiger partial charge in [0.2, 0.25) is 5.91 Å². The largest absolute Gasteiger partial charge is 0.494 e. The van der Waals surface area contributed by atoms with E-state index in [1.165, 1.54) is 24.3 Å². The third kappa shape index (κ3) is 6.43. The van der Waals surface area contributed by atoms with Gasteiger partial charge in [0.15, 0.2) is 0 Å². The van der Waals surface area contributed by atoms with E-state index in [9.17, 15) is 17.6 Å². The topological polar surface area (TPSA) is 84.9 Å². The number of nitrogens with zero attached hydrogens (tertiary/aromatic N) is 1. The second kappa shape index (κ2) is 10.8. The maximum Gasteiger partial charge on any atom is 0.264 e. The summed E-state index contributed by atoms with van der Waals surface area (Å²) in [5.41, 5.74) is 0.187. The Bertz CT molecular complexity index is 886. The number of amides is 1. The number of carbonyl (C=O) groups excluding carboxylic acids is 1. The highest BCUT2D eigenvalue weighted by atomic mass is 32.2. The molecule has 29 heavy (non-hydrogen) atoms. The molecule has 9 heteroatoms. The highest BCUT2D eigenvalue weighted by Gasteiger charge is 2.27. The van der Waals surface area contributed by atoms with E-state index in [0.717, 1.165) is 16.4 Å². The quantitative estimate of drug-likeness (QED) is 0.561. The lowest BCUT2D eigenvalue weighted by molar-refractivity contribution is -0.119. The molecular formula is C20H25FN2O5S. The van der Waals surface area contributed by atoms with E-state index in [-0.39, 0.29) is 10.6 Å². The van der Waals surface area contributed by atoms with Crippen LogP contribution in [0.3, 0.4) is 0 Å². The Morgan fingerprint density at radius 2 is 1.76 bits per heavy atom. The number of rotatable bonds is 11. The number of carbonyl (C=O) groups is 1.